The number of amides is 1. The van der Waals surface area contributed by atoms with Crippen LogP contribution >= 0.6 is 11.8 Å². The normalized spacial score (nSPS) is 22.7. The number of hydrogen-bond donors (Lipinski definition) is 1. The predicted octanol–water partition coefficient (Wildman–Crippen LogP) is 3.16. The van der Waals surface area contributed by atoms with Crippen molar-refractivity contribution in [3.8, 4) is 0 Å². The van der Waals surface area contributed by atoms with Crippen molar-refractivity contribution in [3.63, 3.8) is 0 Å². The van der Waals surface area contributed by atoms with Crippen molar-refractivity contribution in [1.29, 1.82) is 0 Å². The Hall–Kier alpha value is -1.49. The molecule has 0 saturated carbocycles. The second kappa shape index (κ2) is 6.10. The second-order valence-corrected chi connectivity index (χ2v) is 7.06. The van der Waals surface area contributed by atoms with E-state index in [0.29, 0.717) is 17.6 Å². The van der Waals surface area contributed by atoms with Crippen molar-refractivity contribution in [2.24, 2.45) is 11.8 Å². The minimum atomic E-state index is 0.221. The molecule has 112 valence electrons. The molecule has 1 N–H and O–H groups in total. The fraction of sp³-hybridized carbons (Fsp3) is 0.500. The Morgan fingerprint density at radius 3 is 2.76 bits per heavy atom. The number of aromatic nitrogens is 2. The maximum atomic E-state index is 12.3. The summed E-state index contributed by atoms with van der Waals surface area (Å²) in [7, 11) is 0. The molecule has 21 heavy (non-hydrogen) atoms. The van der Waals surface area contributed by atoms with Crippen LogP contribution in [0.2, 0.25) is 0 Å². The number of aromatic amines is 1. The molecule has 2 heterocycles. The molecule has 1 aromatic heterocycles. The molecule has 0 aliphatic carbocycles. The lowest BCUT2D eigenvalue weighted by atomic mass is 9.92. The van der Waals surface area contributed by atoms with Crippen molar-refractivity contribution in [2.75, 3.05) is 18.8 Å². The molecule has 5 heteroatoms. The van der Waals surface area contributed by atoms with Gasteiger partial charge in [0.2, 0.25) is 5.91 Å². The molecule has 1 aromatic carbocycles. The zero-order chi connectivity index (χ0) is 14.8. The number of fused-ring (bicyclic) bond motifs is 1. The molecule has 2 atom stereocenters. The Balaban J connectivity index is 1.60. The van der Waals surface area contributed by atoms with E-state index in [1.807, 2.05) is 29.2 Å². The number of nitrogens with one attached hydrogen (secondary N) is 1. The van der Waals surface area contributed by atoms with Gasteiger partial charge >= 0.3 is 0 Å². The number of likely N-dealkylation sites (tertiary alicyclic amines) is 1. The van der Waals surface area contributed by atoms with Crippen LogP contribution in [0.15, 0.2) is 29.4 Å². The number of imidazole rings is 1. The van der Waals surface area contributed by atoms with Crippen LogP contribution in [0, 0.1) is 11.8 Å². The van der Waals surface area contributed by atoms with Gasteiger partial charge in [-0.3, -0.25) is 4.79 Å². The molecule has 0 unspecified atom stereocenters. The van der Waals surface area contributed by atoms with Gasteiger partial charge in [0.15, 0.2) is 5.16 Å². The predicted molar refractivity (Wildman–Crippen MR) is 86.3 cm³/mol. The molecule has 3 rings (SSSR count). The number of benzene rings is 1. The van der Waals surface area contributed by atoms with Crippen LogP contribution in [0.25, 0.3) is 11.0 Å². The van der Waals surface area contributed by atoms with Crippen molar-refractivity contribution < 1.29 is 4.79 Å². The van der Waals surface area contributed by atoms with Crippen LogP contribution < -0.4 is 0 Å². The highest BCUT2D eigenvalue weighted by Crippen LogP contribution is 2.23. The number of H-pyrrole nitrogens is 1. The summed E-state index contributed by atoms with van der Waals surface area (Å²) in [6, 6.07) is 7.93. The average Bonchev–Trinajstić information content (AvgIpc) is 2.86. The van der Waals surface area contributed by atoms with Gasteiger partial charge in [0.05, 0.1) is 16.8 Å². The number of piperidine rings is 1. The third-order valence-electron chi connectivity index (χ3n) is 3.92. The highest BCUT2D eigenvalue weighted by atomic mass is 32.2. The lowest BCUT2D eigenvalue weighted by Gasteiger charge is -2.34. The van der Waals surface area contributed by atoms with Crippen LogP contribution in [0.5, 0.6) is 0 Å². The van der Waals surface area contributed by atoms with E-state index in [-0.39, 0.29) is 5.91 Å². The zero-order valence-corrected chi connectivity index (χ0v) is 13.3. The van der Waals surface area contributed by atoms with Gasteiger partial charge in [0.1, 0.15) is 0 Å². The number of carbonyl (C=O) groups is 1. The van der Waals surface area contributed by atoms with Gasteiger partial charge in [-0.25, -0.2) is 4.98 Å². The van der Waals surface area contributed by atoms with E-state index < -0.39 is 0 Å². The molecule has 0 spiro atoms. The minimum Gasteiger partial charge on any atom is -0.341 e. The lowest BCUT2D eigenvalue weighted by Crippen LogP contribution is -2.43. The number of nitrogens with zero attached hydrogens (tertiary/aromatic N) is 2. The van der Waals surface area contributed by atoms with E-state index in [0.717, 1.165) is 29.3 Å². The summed E-state index contributed by atoms with van der Waals surface area (Å²) in [5.41, 5.74) is 1.97. The summed E-state index contributed by atoms with van der Waals surface area (Å²) in [4.78, 5) is 22.1. The number of hydrogen-bond acceptors (Lipinski definition) is 3. The number of rotatable bonds is 3. The number of para-hydroxylation sites is 2. The molecular weight excluding hydrogens is 282 g/mol. The average molecular weight is 303 g/mol. The molecule has 2 aromatic rings. The quantitative estimate of drug-likeness (QED) is 0.886. The summed E-state index contributed by atoms with van der Waals surface area (Å²) in [5, 5.41) is 0.822. The number of thioether (sulfide) groups is 1. The number of carbonyl (C=O) groups excluding carboxylic acids is 1. The van der Waals surface area contributed by atoms with Gasteiger partial charge in [-0.2, -0.15) is 0 Å². The van der Waals surface area contributed by atoms with Crippen molar-refractivity contribution in [3.05, 3.63) is 24.3 Å². The maximum absolute atomic E-state index is 12.3. The third-order valence-corrected chi connectivity index (χ3v) is 4.78. The Kier molecular flexibility index (Phi) is 4.19. The smallest absolute Gasteiger partial charge is 0.233 e. The van der Waals surface area contributed by atoms with Crippen molar-refractivity contribution >= 4 is 28.7 Å². The second-order valence-electron chi connectivity index (χ2n) is 6.09. The molecule has 0 bridgehead atoms. The van der Waals surface area contributed by atoms with E-state index >= 15 is 0 Å². The summed E-state index contributed by atoms with van der Waals surface area (Å²) >= 11 is 1.49. The van der Waals surface area contributed by atoms with E-state index in [2.05, 4.69) is 23.8 Å². The van der Waals surface area contributed by atoms with Crippen molar-refractivity contribution in [2.45, 2.75) is 25.4 Å². The Morgan fingerprint density at radius 2 is 2.05 bits per heavy atom. The summed E-state index contributed by atoms with van der Waals surface area (Å²) in [6.07, 6.45) is 1.22. The van der Waals surface area contributed by atoms with Crippen molar-refractivity contribution in [1.82, 2.24) is 14.9 Å². The van der Waals surface area contributed by atoms with E-state index in [1.54, 1.807) is 0 Å². The first-order valence-electron chi connectivity index (χ1n) is 7.47. The van der Waals surface area contributed by atoms with E-state index in [1.165, 1.54) is 18.2 Å². The third kappa shape index (κ3) is 3.40. The van der Waals surface area contributed by atoms with Crippen LogP contribution in [0.1, 0.15) is 20.3 Å². The lowest BCUT2D eigenvalue weighted by molar-refractivity contribution is -0.130. The fourth-order valence-corrected chi connectivity index (χ4v) is 3.87. The van der Waals surface area contributed by atoms with E-state index in [4.69, 9.17) is 0 Å². The molecule has 1 aliphatic rings. The SMILES string of the molecule is C[C@H]1C[C@H](C)CN(C(=O)CSc2nc3ccccc3[nH]2)C1. The first kappa shape index (κ1) is 14.4. The first-order valence-corrected chi connectivity index (χ1v) is 8.45. The van der Waals surface area contributed by atoms with Crippen LogP contribution in [0.4, 0.5) is 0 Å². The fourth-order valence-electron chi connectivity index (χ4n) is 3.09. The highest BCUT2D eigenvalue weighted by molar-refractivity contribution is 7.99. The van der Waals surface area contributed by atoms with Gasteiger partial charge in [-0.1, -0.05) is 37.7 Å². The largest absolute Gasteiger partial charge is 0.341 e. The Labute approximate surface area is 129 Å². The molecule has 4 nitrogen and oxygen atoms in total. The summed E-state index contributed by atoms with van der Waals surface area (Å²) < 4.78 is 0. The summed E-state index contributed by atoms with van der Waals surface area (Å²) in [6.45, 7) is 6.23. The highest BCUT2D eigenvalue weighted by Gasteiger charge is 2.25. The summed E-state index contributed by atoms with van der Waals surface area (Å²) in [5.74, 6) is 1.89. The van der Waals surface area contributed by atoms with Gasteiger partial charge in [0, 0.05) is 13.1 Å². The maximum Gasteiger partial charge on any atom is 0.233 e. The minimum absolute atomic E-state index is 0.221. The Bertz CT molecular complexity index is 596. The van der Waals surface area contributed by atoms with Gasteiger partial charge in [-0.15, -0.1) is 0 Å². The topological polar surface area (TPSA) is 49.0 Å². The molecular formula is C16H21N3OS. The van der Waals surface area contributed by atoms with Crippen LogP contribution in [-0.2, 0) is 4.79 Å². The standard InChI is InChI=1S/C16H21N3OS/c1-11-7-12(2)9-19(8-11)15(20)10-21-16-17-13-5-3-4-6-14(13)18-16/h3-6,11-12H,7-10H2,1-2H3,(H,17,18)/t11-,12-/m0/s1. The van der Waals surface area contributed by atoms with Gasteiger partial charge in [-0.05, 0) is 30.4 Å². The monoisotopic (exact) mass is 303 g/mol. The molecule has 1 fully saturated rings. The first-order chi connectivity index (χ1) is 10.1. The molecule has 0 radical (unpaired) electrons. The van der Waals surface area contributed by atoms with Crippen LogP contribution in [-0.4, -0.2) is 39.6 Å². The van der Waals surface area contributed by atoms with Gasteiger partial charge in [0.25, 0.3) is 0 Å². The van der Waals surface area contributed by atoms with E-state index in [9.17, 15) is 4.79 Å². The molecule has 1 aliphatic heterocycles. The molecule has 1 amide bonds. The Morgan fingerprint density at radius 1 is 1.33 bits per heavy atom. The van der Waals surface area contributed by atoms with Crippen LogP contribution in [0.3, 0.4) is 0 Å². The molecule has 1 saturated heterocycles. The zero-order valence-electron chi connectivity index (χ0n) is 12.5. The van der Waals surface area contributed by atoms with Gasteiger partial charge < -0.3 is 9.88 Å².